The van der Waals surface area contributed by atoms with Crippen LogP contribution >= 0.6 is 0 Å². The van der Waals surface area contributed by atoms with Crippen molar-refractivity contribution < 1.29 is 0 Å². The molecule has 1 saturated carbocycles. The molecule has 2 saturated heterocycles. The molecule has 2 heteroatoms. The maximum absolute atomic E-state index is 4.48. The lowest BCUT2D eigenvalue weighted by atomic mass is 9.85. The Hall–Kier alpha value is -0.500. The molecule has 0 spiro atoms. The predicted octanol–water partition coefficient (Wildman–Crippen LogP) is 4.77. The van der Waals surface area contributed by atoms with E-state index in [1.807, 2.05) is 0 Å². The van der Waals surface area contributed by atoms with Gasteiger partial charge in [0, 0.05) is 31.9 Å². The Kier molecular flexibility index (Phi) is 6.07. The predicted molar refractivity (Wildman–Crippen MR) is 99.4 cm³/mol. The second kappa shape index (κ2) is 8.05. The Morgan fingerprint density at radius 2 is 1.57 bits per heavy atom. The zero-order chi connectivity index (χ0) is 16.2. The highest BCUT2D eigenvalue weighted by molar-refractivity contribution is 5.02. The molecule has 1 unspecified atom stereocenters. The number of hydrogen-bond acceptors (Lipinski definition) is 2. The lowest BCUT2D eigenvalue weighted by Crippen LogP contribution is -2.44. The van der Waals surface area contributed by atoms with Crippen LogP contribution in [0.3, 0.4) is 0 Å². The van der Waals surface area contributed by atoms with Gasteiger partial charge in [0.15, 0.2) is 0 Å². The lowest BCUT2D eigenvalue weighted by Gasteiger charge is -2.41. The molecule has 132 valence electrons. The van der Waals surface area contributed by atoms with E-state index in [9.17, 15) is 0 Å². The first-order chi connectivity index (χ1) is 11.1. The third kappa shape index (κ3) is 4.53. The number of allylic oxidation sites excluding steroid dienone is 1. The molecule has 0 N–H and O–H groups in total. The lowest BCUT2D eigenvalue weighted by molar-refractivity contribution is 0.0983. The second-order valence-electron chi connectivity index (χ2n) is 8.76. The van der Waals surface area contributed by atoms with Gasteiger partial charge in [0.1, 0.15) is 0 Å². The van der Waals surface area contributed by atoms with Crippen molar-refractivity contribution in [2.45, 2.75) is 65.2 Å². The highest BCUT2D eigenvalue weighted by Gasteiger charge is 2.28. The Morgan fingerprint density at radius 1 is 0.870 bits per heavy atom. The van der Waals surface area contributed by atoms with Gasteiger partial charge < -0.3 is 9.80 Å². The molecule has 3 fully saturated rings. The smallest absolute Gasteiger partial charge is 0.0178 e. The number of likely N-dealkylation sites (tertiary alicyclic amines) is 2. The van der Waals surface area contributed by atoms with E-state index < -0.39 is 0 Å². The first-order valence-corrected chi connectivity index (χ1v) is 10.3. The van der Waals surface area contributed by atoms with Gasteiger partial charge in [0.25, 0.3) is 0 Å². The summed E-state index contributed by atoms with van der Waals surface area (Å²) in [4.78, 5) is 5.38. The quantitative estimate of drug-likeness (QED) is 0.736. The Morgan fingerprint density at radius 3 is 2.22 bits per heavy atom. The molecule has 0 aromatic heterocycles. The van der Waals surface area contributed by atoms with Crippen LogP contribution in [0.5, 0.6) is 0 Å². The average Bonchev–Trinajstić information content (AvgIpc) is 2.59. The van der Waals surface area contributed by atoms with Crippen molar-refractivity contribution >= 4 is 0 Å². The van der Waals surface area contributed by atoms with Gasteiger partial charge in [0.05, 0.1) is 0 Å². The van der Waals surface area contributed by atoms with E-state index in [0.29, 0.717) is 0 Å². The van der Waals surface area contributed by atoms with Crippen LogP contribution < -0.4 is 0 Å². The molecule has 2 aliphatic heterocycles. The molecule has 0 bridgehead atoms. The third-order valence-corrected chi connectivity index (χ3v) is 7.03. The van der Waals surface area contributed by atoms with Crippen LogP contribution in [-0.2, 0) is 0 Å². The Bertz CT molecular complexity index is 377. The van der Waals surface area contributed by atoms with Gasteiger partial charge in [-0.1, -0.05) is 39.7 Å². The van der Waals surface area contributed by atoms with E-state index in [2.05, 4.69) is 30.2 Å². The largest absolute Gasteiger partial charge is 0.375 e. The van der Waals surface area contributed by atoms with Gasteiger partial charge in [-0.25, -0.2) is 0 Å². The van der Waals surface area contributed by atoms with E-state index >= 15 is 0 Å². The fraction of sp³-hybridized carbons (Fsp3) is 0.905. The average molecular weight is 319 g/mol. The molecule has 1 aliphatic carbocycles. The van der Waals surface area contributed by atoms with Crippen molar-refractivity contribution in [3.63, 3.8) is 0 Å². The van der Waals surface area contributed by atoms with Crippen molar-refractivity contribution in [2.24, 2.45) is 23.7 Å². The second-order valence-corrected chi connectivity index (χ2v) is 8.76. The maximum Gasteiger partial charge on any atom is 0.0178 e. The number of hydrogen-bond donors (Lipinski definition) is 0. The highest BCUT2D eigenvalue weighted by atomic mass is 15.2. The monoisotopic (exact) mass is 318 g/mol. The third-order valence-electron chi connectivity index (χ3n) is 7.03. The van der Waals surface area contributed by atoms with Gasteiger partial charge in [-0.05, 0) is 62.3 Å². The zero-order valence-electron chi connectivity index (χ0n) is 15.6. The van der Waals surface area contributed by atoms with Crippen molar-refractivity contribution in [1.82, 2.24) is 9.80 Å². The van der Waals surface area contributed by atoms with Gasteiger partial charge in [-0.2, -0.15) is 0 Å². The van der Waals surface area contributed by atoms with Crippen LogP contribution in [0, 0.1) is 23.7 Å². The summed E-state index contributed by atoms with van der Waals surface area (Å²) in [6, 6.07) is 0. The van der Waals surface area contributed by atoms with Gasteiger partial charge in [-0.3, -0.25) is 0 Å². The SMILES string of the molecule is C=C(C1CCCCC1)N1CCC(CN2CCC(C)[C@H](C)C2)CC1. The number of rotatable bonds is 4. The van der Waals surface area contributed by atoms with Gasteiger partial charge in [-0.15, -0.1) is 0 Å². The van der Waals surface area contributed by atoms with Gasteiger partial charge in [0.2, 0.25) is 0 Å². The summed E-state index contributed by atoms with van der Waals surface area (Å²) in [6.45, 7) is 15.9. The molecule has 2 nitrogen and oxygen atoms in total. The number of nitrogens with zero attached hydrogens (tertiary/aromatic N) is 2. The fourth-order valence-corrected chi connectivity index (χ4v) is 4.98. The highest BCUT2D eigenvalue weighted by Crippen LogP contribution is 2.33. The summed E-state index contributed by atoms with van der Waals surface area (Å²) in [5, 5.41) is 0. The van der Waals surface area contributed by atoms with Crippen LogP contribution in [0.2, 0.25) is 0 Å². The Labute approximate surface area is 144 Å². The molecule has 0 aromatic carbocycles. The van der Waals surface area contributed by atoms with E-state index in [-0.39, 0.29) is 0 Å². The summed E-state index contributed by atoms with van der Waals surface area (Å²) < 4.78 is 0. The minimum Gasteiger partial charge on any atom is -0.375 e. The molecule has 23 heavy (non-hydrogen) atoms. The zero-order valence-corrected chi connectivity index (χ0v) is 15.6. The van der Waals surface area contributed by atoms with E-state index in [4.69, 9.17) is 0 Å². The topological polar surface area (TPSA) is 6.48 Å². The van der Waals surface area contributed by atoms with E-state index in [1.165, 1.54) is 89.8 Å². The minimum absolute atomic E-state index is 0.796. The minimum atomic E-state index is 0.796. The molecule has 3 aliphatic rings. The summed E-state index contributed by atoms with van der Waals surface area (Å²) >= 11 is 0. The molecule has 2 heterocycles. The molecule has 0 aromatic rings. The van der Waals surface area contributed by atoms with Crippen molar-refractivity contribution in [1.29, 1.82) is 0 Å². The van der Waals surface area contributed by atoms with E-state index in [1.54, 1.807) is 0 Å². The van der Waals surface area contributed by atoms with Crippen LogP contribution in [0.4, 0.5) is 0 Å². The van der Waals surface area contributed by atoms with Crippen LogP contribution in [-0.4, -0.2) is 42.5 Å². The molecule has 0 radical (unpaired) electrons. The Balaban J connectivity index is 1.40. The maximum atomic E-state index is 4.48. The summed E-state index contributed by atoms with van der Waals surface area (Å²) in [6.07, 6.45) is 11.2. The number of piperidine rings is 2. The molecular weight excluding hydrogens is 280 g/mol. The summed E-state index contributed by atoms with van der Waals surface area (Å²) in [5.41, 5.74) is 1.48. The van der Waals surface area contributed by atoms with Gasteiger partial charge >= 0.3 is 0 Å². The molecule has 3 rings (SSSR count). The first-order valence-electron chi connectivity index (χ1n) is 10.3. The molecular formula is C21H38N2. The van der Waals surface area contributed by atoms with Crippen LogP contribution in [0.25, 0.3) is 0 Å². The van der Waals surface area contributed by atoms with Crippen molar-refractivity contribution in [3.8, 4) is 0 Å². The van der Waals surface area contributed by atoms with Crippen LogP contribution in [0.1, 0.15) is 65.2 Å². The normalized spacial score (nSPS) is 32.2. The summed E-state index contributed by atoms with van der Waals surface area (Å²) in [5.74, 6) is 3.53. The molecule has 0 amide bonds. The van der Waals surface area contributed by atoms with Crippen molar-refractivity contribution in [3.05, 3.63) is 12.3 Å². The van der Waals surface area contributed by atoms with E-state index in [0.717, 1.165) is 23.7 Å². The first kappa shape index (κ1) is 17.3. The fourth-order valence-electron chi connectivity index (χ4n) is 4.98. The van der Waals surface area contributed by atoms with Crippen molar-refractivity contribution in [2.75, 3.05) is 32.7 Å². The molecule has 2 atom stereocenters. The summed E-state index contributed by atoms with van der Waals surface area (Å²) in [7, 11) is 0. The standard InChI is InChI=1S/C21H38N2/c1-17-9-12-22(15-18(17)2)16-20-10-13-23(14-11-20)19(3)21-7-5-4-6-8-21/h17-18,20-21H,3-16H2,1-2H3/t17?,18-/m1/s1. The van der Waals surface area contributed by atoms with Crippen LogP contribution in [0.15, 0.2) is 12.3 Å².